The lowest BCUT2D eigenvalue weighted by molar-refractivity contribution is -0.131. The molecule has 1 atom stereocenters. The number of carboxylic acids is 1. The van der Waals surface area contributed by atoms with Gasteiger partial charge in [-0.05, 0) is 36.4 Å². The Kier molecular flexibility index (Phi) is 9.59. The van der Waals surface area contributed by atoms with Crippen LogP contribution < -0.4 is 23.8 Å². The van der Waals surface area contributed by atoms with Crippen LogP contribution in [-0.4, -0.2) is 50.5 Å². The Morgan fingerprint density at radius 1 is 0.895 bits per heavy atom. The van der Waals surface area contributed by atoms with Crippen LogP contribution in [0.1, 0.15) is 22.8 Å². The fraction of sp³-hybridized carbons (Fsp3) is 0.214. The van der Waals surface area contributed by atoms with Crippen molar-refractivity contribution in [2.45, 2.75) is 12.6 Å². The molecule has 0 fully saturated rings. The van der Waals surface area contributed by atoms with E-state index in [1.807, 2.05) is 0 Å². The molecule has 1 amide bonds. The Bertz CT molecular complexity index is 1340. The third-order valence-corrected chi connectivity index (χ3v) is 6.00. The highest BCUT2D eigenvalue weighted by molar-refractivity contribution is 6.30. The van der Waals surface area contributed by atoms with E-state index >= 15 is 0 Å². The normalized spacial score (nSPS) is 11.6. The Balaban J connectivity index is 2.19. The van der Waals surface area contributed by atoms with E-state index in [1.54, 1.807) is 48.5 Å². The summed E-state index contributed by atoms with van der Waals surface area (Å²) in [5.74, 6) is -0.185. The average molecular weight is 542 g/mol. The van der Waals surface area contributed by atoms with Gasteiger partial charge in [-0.2, -0.15) is 0 Å². The van der Waals surface area contributed by atoms with Gasteiger partial charge < -0.3 is 34.1 Å². The topological polar surface area (TPSA) is 115 Å². The fourth-order valence-electron chi connectivity index (χ4n) is 3.95. The first kappa shape index (κ1) is 28.4. The number of carbonyl (C=O) groups is 2. The highest BCUT2D eigenvalue weighted by Gasteiger charge is 2.26. The molecule has 3 aromatic rings. The van der Waals surface area contributed by atoms with Crippen LogP contribution in [0.15, 0.2) is 66.7 Å². The number of nitrogens with zero attached hydrogens (tertiary/aromatic N) is 1. The minimum Gasteiger partial charge on any atom is -0.497 e. The summed E-state index contributed by atoms with van der Waals surface area (Å²) in [7, 11) is 5.95. The van der Waals surface area contributed by atoms with E-state index < -0.39 is 18.0 Å². The minimum atomic E-state index is -1.29. The number of aliphatic hydroxyl groups is 1. The first-order valence-corrected chi connectivity index (χ1v) is 11.7. The molecule has 200 valence electrons. The van der Waals surface area contributed by atoms with Crippen molar-refractivity contribution in [3.05, 3.63) is 88.5 Å². The molecule has 0 spiro atoms. The summed E-state index contributed by atoms with van der Waals surface area (Å²) in [6, 6.07) is 14.9. The number of amides is 1. The van der Waals surface area contributed by atoms with Crippen molar-refractivity contribution < 1.29 is 38.7 Å². The van der Waals surface area contributed by atoms with Crippen LogP contribution in [0, 0.1) is 0 Å². The third-order valence-electron chi connectivity index (χ3n) is 5.76. The smallest absolute Gasteiger partial charge is 0.328 e. The molecule has 2 N–H and O–H groups in total. The quantitative estimate of drug-likeness (QED) is 0.338. The van der Waals surface area contributed by atoms with Gasteiger partial charge in [-0.1, -0.05) is 23.7 Å². The van der Waals surface area contributed by atoms with Crippen molar-refractivity contribution in [3.63, 3.8) is 0 Å². The first-order valence-electron chi connectivity index (χ1n) is 11.4. The summed E-state index contributed by atoms with van der Waals surface area (Å²) in [6.45, 7) is -0.0213. The van der Waals surface area contributed by atoms with Crippen LogP contribution in [0.3, 0.4) is 0 Å². The van der Waals surface area contributed by atoms with E-state index in [0.717, 1.165) is 12.2 Å². The lowest BCUT2D eigenvalue weighted by atomic mass is 9.97. The number of aliphatic hydroxyl groups excluding tert-OH is 1. The number of anilines is 1. The average Bonchev–Trinajstić information content (AvgIpc) is 2.93. The number of methoxy groups -OCH3 is 4. The minimum absolute atomic E-state index is 0.0213. The Morgan fingerprint density at radius 3 is 2.26 bits per heavy atom. The molecule has 0 saturated carbocycles. The molecular weight excluding hydrogens is 514 g/mol. The van der Waals surface area contributed by atoms with E-state index in [0.29, 0.717) is 44.8 Å². The van der Waals surface area contributed by atoms with Crippen LogP contribution >= 0.6 is 11.6 Å². The SMILES string of the molecule is COc1ccc(CN(C(=O)/C=C/C(=O)O)c2ccc(Cl)cc2C(O)c2cccc(OC)c2OC)c(OC)c1. The maximum Gasteiger partial charge on any atom is 0.328 e. The van der Waals surface area contributed by atoms with E-state index in [9.17, 15) is 14.7 Å². The maximum atomic E-state index is 13.3. The molecule has 0 aliphatic heterocycles. The number of benzene rings is 3. The standard InChI is InChI=1S/C28H28ClNO8/c1-35-19-10-8-17(24(15-19)37-3)16-30(25(31)12-13-26(32)33)22-11-9-18(29)14-21(22)27(34)20-6-5-7-23(36-2)28(20)38-4/h5-15,27,34H,16H2,1-4H3,(H,32,33)/b13-12+. The van der Waals surface area contributed by atoms with Gasteiger partial charge in [0.05, 0.1) is 40.7 Å². The Morgan fingerprint density at radius 2 is 1.63 bits per heavy atom. The zero-order valence-electron chi connectivity index (χ0n) is 21.3. The van der Waals surface area contributed by atoms with Gasteiger partial charge in [-0.25, -0.2) is 4.79 Å². The van der Waals surface area contributed by atoms with E-state index in [2.05, 4.69) is 0 Å². The van der Waals surface area contributed by atoms with Crippen molar-refractivity contribution in [3.8, 4) is 23.0 Å². The van der Waals surface area contributed by atoms with Gasteiger partial charge in [-0.3, -0.25) is 4.79 Å². The molecule has 0 bridgehead atoms. The molecule has 0 saturated heterocycles. The lowest BCUT2D eigenvalue weighted by Gasteiger charge is -2.28. The van der Waals surface area contributed by atoms with E-state index in [1.165, 1.54) is 39.4 Å². The van der Waals surface area contributed by atoms with Crippen molar-refractivity contribution in [1.29, 1.82) is 0 Å². The van der Waals surface area contributed by atoms with Crippen molar-refractivity contribution >= 4 is 29.2 Å². The highest BCUT2D eigenvalue weighted by atomic mass is 35.5. The van der Waals surface area contributed by atoms with E-state index in [4.69, 9.17) is 35.7 Å². The van der Waals surface area contributed by atoms with Gasteiger partial charge in [-0.15, -0.1) is 0 Å². The van der Waals surface area contributed by atoms with Crippen molar-refractivity contribution in [1.82, 2.24) is 0 Å². The second kappa shape index (κ2) is 12.8. The second-order valence-corrected chi connectivity index (χ2v) is 8.40. The monoisotopic (exact) mass is 541 g/mol. The fourth-order valence-corrected chi connectivity index (χ4v) is 4.13. The number of ether oxygens (including phenoxy) is 4. The van der Waals surface area contributed by atoms with Crippen LogP contribution in [-0.2, 0) is 16.1 Å². The number of para-hydroxylation sites is 1. The van der Waals surface area contributed by atoms with Gasteiger partial charge in [0, 0.05) is 39.9 Å². The predicted molar refractivity (Wildman–Crippen MR) is 143 cm³/mol. The summed E-state index contributed by atoms with van der Waals surface area (Å²) < 4.78 is 21.6. The molecular formula is C28H28ClNO8. The Labute approximate surface area is 225 Å². The molecule has 0 heterocycles. The van der Waals surface area contributed by atoms with Gasteiger partial charge in [0.1, 0.15) is 17.6 Å². The number of rotatable bonds is 11. The second-order valence-electron chi connectivity index (χ2n) is 7.96. The zero-order valence-corrected chi connectivity index (χ0v) is 22.1. The van der Waals surface area contributed by atoms with Crippen molar-refractivity contribution in [2.24, 2.45) is 0 Å². The van der Waals surface area contributed by atoms with Crippen LogP contribution in [0.25, 0.3) is 0 Å². The van der Waals surface area contributed by atoms with Gasteiger partial charge >= 0.3 is 5.97 Å². The lowest BCUT2D eigenvalue weighted by Crippen LogP contribution is -2.30. The maximum absolute atomic E-state index is 13.3. The number of aliphatic carboxylic acids is 1. The molecule has 3 rings (SSSR count). The molecule has 0 aromatic heterocycles. The number of hydrogen-bond donors (Lipinski definition) is 2. The van der Waals surface area contributed by atoms with Gasteiger partial charge in [0.15, 0.2) is 11.5 Å². The van der Waals surface area contributed by atoms with Crippen LogP contribution in [0.5, 0.6) is 23.0 Å². The summed E-state index contributed by atoms with van der Waals surface area (Å²) in [6.07, 6.45) is 0.401. The molecule has 10 heteroatoms. The molecule has 0 radical (unpaired) electrons. The Hall–Kier alpha value is -4.21. The highest BCUT2D eigenvalue weighted by Crippen LogP contribution is 2.41. The molecule has 0 aliphatic rings. The van der Waals surface area contributed by atoms with Gasteiger partial charge in [0.2, 0.25) is 0 Å². The summed E-state index contributed by atoms with van der Waals surface area (Å²) in [5.41, 5.74) is 1.57. The van der Waals surface area contributed by atoms with Crippen LogP contribution in [0.2, 0.25) is 5.02 Å². The predicted octanol–water partition coefficient (Wildman–Crippen LogP) is 4.63. The molecule has 3 aromatic carbocycles. The largest absolute Gasteiger partial charge is 0.497 e. The molecule has 0 aliphatic carbocycles. The third kappa shape index (κ3) is 6.37. The number of hydrogen-bond acceptors (Lipinski definition) is 7. The van der Waals surface area contributed by atoms with E-state index in [-0.39, 0.29) is 12.1 Å². The van der Waals surface area contributed by atoms with Crippen molar-refractivity contribution in [2.75, 3.05) is 33.3 Å². The zero-order chi connectivity index (χ0) is 27.8. The van der Waals surface area contributed by atoms with Crippen LogP contribution in [0.4, 0.5) is 5.69 Å². The number of carboxylic acid groups (broad SMARTS) is 1. The van der Waals surface area contributed by atoms with Gasteiger partial charge in [0.25, 0.3) is 5.91 Å². The summed E-state index contributed by atoms with van der Waals surface area (Å²) >= 11 is 6.31. The molecule has 1 unspecified atom stereocenters. The number of halogens is 1. The number of carbonyl (C=O) groups excluding carboxylic acids is 1. The summed E-state index contributed by atoms with van der Waals surface area (Å²) in [4.78, 5) is 25.8. The molecule has 38 heavy (non-hydrogen) atoms. The first-order chi connectivity index (χ1) is 18.2. The summed E-state index contributed by atoms with van der Waals surface area (Å²) in [5, 5.41) is 21.0. The molecule has 9 nitrogen and oxygen atoms in total.